The van der Waals surface area contributed by atoms with Gasteiger partial charge in [-0.1, -0.05) is 37.6 Å². The zero-order valence-corrected chi connectivity index (χ0v) is 13.7. The Balaban J connectivity index is 1.77. The molecule has 1 heterocycles. The van der Waals surface area contributed by atoms with Crippen LogP contribution in [0.1, 0.15) is 30.9 Å². The highest BCUT2D eigenvalue weighted by Gasteiger charge is 2.04. The minimum absolute atomic E-state index is 0.638. The van der Waals surface area contributed by atoms with Gasteiger partial charge < -0.3 is 0 Å². The van der Waals surface area contributed by atoms with Gasteiger partial charge in [0.25, 0.3) is 0 Å². The molecule has 0 spiro atoms. The summed E-state index contributed by atoms with van der Waals surface area (Å²) >= 11 is 0. The van der Waals surface area contributed by atoms with Crippen LogP contribution in [0.15, 0.2) is 60.9 Å². The Bertz CT molecular complexity index is 826. The smallest absolute Gasteiger partial charge is 0.159 e. The molecule has 24 heavy (non-hydrogen) atoms. The van der Waals surface area contributed by atoms with Gasteiger partial charge in [-0.2, -0.15) is 5.26 Å². The van der Waals surface area contributed by atoms with Gasteiger partial charge in [-0.3, -0.25) is 0 Å². The monoisotopic (exact) mass is 313 g/mol. The fraction of sp³-hybridized carbons (Fsp3) is 0.190. The van der Waals surface area contributed by atoms with Gasteiger partial charge in [0.1, 0.15) is 0 Å². The van der Waals surface area contributed by atoms with Crippen molar-refractivity contribution < 1.29 is 0 Å². The average molecular weight is 313 g/mol. The van der Waals surface area contributed by atoms with Gasteiger partial charge in [0.15, 0.2) is 5.82 Å². The summed E-state index contributed by atoms with van der Waals surface area (Å²) in [7, 11) is 0. The molecule has 0 saturated heterocycles. The molecule has 0 aliphatic rings. The Labute approximate surface area is 142 Å². The summed E-state index contributed by atoms with van der Waals surface area (Å²) in [6.07, 6.45) is 7.27. The van der Waals surface area contributed by atoms with E-state index in [-0.39, 0.29) is 0 Å². The van der Waals surface area contributed by atoms with Crippen molar-refractivity contribution >= 4 is 0 Å². The molecule has 3 heteroatoms. The lowest BCUT2D eigenvalue weighted by molar-refractivity contribution is 0.795. The Morgan fingerprint density at radius 2 is 1.46 bits per heavy atom. The first kappa shape index (κ1) is 15.9. The minimum Gasteiger partial charge on any atom is -0.236 e. The third-order valence-electron chi connectivity index (χ3n) is 4.03. The van der Waals surface area contributed by atoms with Crippen LogP contribution < -0.4 is 0 Å². The van der Waals surface area contributed by atoms with Crippen LogP contribution in [-0.4, -0.2) is 9.97 Å². The van der Waals surface area contributed by atoms with E-state index in [0.717, 1.165) is 23.1 Å². The number of benzene rings is 2. The van der Waals surface area contributed by atoms with Crippen LogP contribution in [0.4, 0.5) is 0 Å². The van der Waals surface area contributed by atoms with Gasteiger partial charge in [-0.05, 0) is 48.2 Å². The molecule has 3 rings (SSSR count). The highest BCUT2D eigenvalue weighted by atomic mass is 14.9. The highest BCUT2D eigenvalue weighted by Crippen LogP contribution is 2.21. The maximum atomic E-state index is 8.85. The van der Waals surface area contributed by atoms with Crippen LogP contribution in [0, 0.1) is 11.3 Å². The van der Waals surface area contributed by atoms with Crippen molar-refractivity contribution in [3.05, 3.63) is 72.1 Å². The molecule has 2 aromatic carbocycles. The molecule has 0 fully saturated rings. The topological polar surface area (TPSA) is 49.6 Å². The molecule has 3 aromatic rings. The van der Waals surface area contributed by atoms with Gasteiger partial charge >= 0.3 is 0 Å². The first-order chi connectivity index (χ1) is 11.8. The molecule has 0 radical (unpaired) electrons. The van der Waals surface area contributed by atoms with Crippen molar-refractivity contribution in [2.24, 2.45) is 0 Å². The molecule has 118 valence electrons. The molecule has 3 nitrogen and oxygen atoms in total. The van der Waals surface area contributed by atoms with Crippen molar-refractivity contribution in [1.82, 2.24) is 9.97 Å². The minimum atomic E-state index is 0.638. The summed E-state index contributed by atoms with van der Waals surface area (Å²) in [5.74, 6) is 0.669. The second-order valence-corrected chi connectivity index (χ2v) is 5.78. The molecular formula is C21H19N3. The Morgan fingerprint density at radius 3 is 2.04 bits per heavy atom. The number of hydrogen-bond donors (Lipinski definition) is 0. The van der Waals surface area contributed by atoms with E-state index < -0.39 is 0 Å². The largest absolute Gasteiger partial charge is 0.236 e. The van der Waals surface area contributed by atoms with E-state index in [2.05, 4.69) is 47.2 Å². The van der Waals surface area contributed by atoms with Gasteiger partial charge in [0.05, 0.1) is 11.6 Å². The lowest BCUT2D eigenvalue weighted by atomic mass is 10.0. The van der Waals surface area contributed by atoms with Crippen LogP contribution in [-0.2, 0) is 6.42 Å². The maximum Gasteiger partial charge on any atom is 0.159 e. The van der Waals surface area contributed by atoms with E-state index in [0.29, 0.717) is 11.4 Å². The predicted octanol–water partition coefficient (Wildman–Crippen LogP) is 5.02. The fourth-order valence-electron chi connectivity index (χ4n) is 2.56. The molecule has 0 unspecified atom stereocenters. The van der Waals surface area contributed by atoms with Crippen molar-refractivity contribution in [1.29, 1.82) is 5.26 Å². The molecule has 0 bridgehead atoms. The maximum absolute atomic E-state index is 8.85. The molecule has 0 saturated carbocycles. The Kier molecular flexibility index (Phi) is 4.98. The number of aryl methyl sites for hydroxylation is 1. The third kappa shape index (κ3) is 3.67. The number of nitriles is 1. The lowest BCUT2D eigenvalue weighted by Crippen LogP contribution is -1.90. The van der Waals surface area contributed by atoms with Crippen LogP contribution in [0.25, 0.3) is 22.5 Å². The first-order valence-electron chi connectivity index (χ1n) is 8.22. The summed E-state index contributed by atoms with van der Waals surface area (Å²) in [4.78, 5) is 8.92. The second kappa shape index (κ2) is 7.52. The van der Waals surface area contributed by atoms with E-state index >= 15 is 0 Å². The lowest BCUT2D eigenvalue weighted by Gasteiger charge is -2.05. The number of aromatic nitrogens is 2. The van der Waals surface area contributed by atoms with Crippen molar-refractivity contribution in [2.75, 3.05) is 0 Å². The molecule has 0 aliphatic carbocycles. The summed E-state index contributed by atoms with van der Waals surface area (Å²) in [5.41, 5.74) is 5.06. The van der Waals surface area contributed by atoms with Gasteiger partial charge in [0.2, 0.25) is 0 Å². The molecule has 0 amide bonds. The van der Waals surface area contributed by atoms with Gasteiger partial charge in [-0.15, -0.1) is 0 Å². The molecule has 0 N–H and O–H groups in total. The quantitative estimate of drug-likeness (QED) is 0.664. The molecule has 1 aromatic heterocycles. The zero-order chi connectivity index (χ0) is 16.8. The average Bonchev–Trinajstić information content (AvgIpc) is 2.67. The summed E-state index contributed by atoms with van der Waals surface area (Å²) in [5, 5.41) is 8.85. The van der Waals surface area contributed by atoms with Gasteiger partial charge in [-0.25, -0.2) is 9.97 Å². The van der Waals surface area contributed by atoms with E-state index in [1.165, 1.54) is 18.4 Å². The number of rotatable bonds is 5. The standard InChI is InChI=1S/C21H19N3/c1-2-3-4-16-5-9-18(10-6-16)20-14-23-21(24-15-20)19-11-7-17(13-22)8-12-19/h5-12,14-15H,2-4H2,1H3. The Morgan fingerprint density at radius 1 is 0.833 bits per heavy atom. The van der Waals surface area contributed by atoms with E-state index in [1.54, 1.807) is 12.1 Å². The third-order valence-corrected chi connectivity index (χ3v) is 4.03. The summed E-state index contributed by atoms with van der Waals surface area (Å²) in [6.45, 7) is 2.21. The van der Waals surface area contributed by atoms with E-state index in [4.69, 9.17) is 5.26 Å². The van der Waals surface area contributed by atoms with Crippen molar-refractivity contribution in [2.45, 2.75) is 26.2 Å². The van der Waals surface area contributed by atoms with E-state index in [9.17, 15) is 0 Å². The summed E-state index contributed by atoms with van der Waals surface area (Å²) in [6, 6.07) is 18.0. The molecular weight excluding hydrogens is 294 g/mol. The van der Waals surface area contributed by atoms with Crippen LogP contribution >= 0.6 is 0 Å². The molecule has 0 aliphatic heterocycles. The van der Waals surface area contributed by atoms with Crippen LogP contribution in [0.5, 0.6) is 0 Å². The van der Waals surface area contributed by atoms with Crippen LogP contribution in [0.2, 0.25) is 0 Å². The second-order valence-electron chi connectivity index (χ2n) is 5.78. The predicted molar refractivity (Wildman–Crippen MR) is 96.2 cm³/mol. The van der Waals surface area contributed by atoms with E-state index in [1.807, 2.05) is 24.5 Å². The molecule has 0 atom stereocenters. The summed E-state index contributed by atoms with van der Waals surface area (Å²) < 4.78 is 0. The zero-order valence-electron chi connectivity index (χ0n) is 13.7. The van der Waals surface area contributed by atoms with Crippen LogP contribution in [0.3, 0.4) is 0 Å². The number of unbranched alkanes of at least 4 members (excludes halogenated alkanes) is 1. The highest BCUT2D eigenvalue weighted by molar-refractivity contribution is 5.64. The van der Waals surface area contributed by atoms with Crippen molar-refractivity contribution in [3.8, 4) is 28.6 Å². The fourth-order valence-corrected chi connectivity index (χ4v) is 2.56. The first-order valence-corrected chi connectivity index (χ1v) is 8.22. The SMILES string of the molecule is CCCCc1ccc(-c2cnc(-c3ccc(C#N)cc3)nc2)cc1. The number of hydrogen-bond acceptors (Lipinski definition) is 3. The Hall–Kier alpha value is -2.99. The van der Waals surface area contributed by atoms with Gasteiger partial charge in [0, 0.05) is 23.5 Å². The number of nitrogens with zero attached hydrogens (tertiary/aromatic N) is 3. The van der Waals surface area contributed by atoms with Crippen molar-refractivity contribution in [3.63, 3.8) is 0 Å². The normalized spacial score (nSPS) is 10.3.